The van der Waals surface area contributed by atoms with Crippen molar-refractivity contribution in [3.63, 3.8) is 0 Å². The number of amides is 1. The Bertz CT molecular complexity index is 560. The molecule has 0 spiro atoms. The van der Waals surface area contributed by atoms with Crippen LogP contribution in [0.2, 0.25) is 0 Å². The number of benzene rings is 1. The van der Waals surface area contributed by atoms with Gasteiger partial charge in [-0.25, -0.2) is 4.39 Å². The Morgan fingerprint density at radius 1 is 1.53 bits per heavy atom. The third kappa shape index (κ3) is 4.29. The van der Waals surface area contributed by atoms with E-state index in [1.807, 2.05) is 0 Å². The molecule has 1 aromatic carbocycles. The Labute approximate surface area is 118 Å². The van der Waals surface area contributed by atoms with E-state index in [9.17, 15) is 9.18 Å². The highest BCUT2D eigenvalue weighted by Gasteiger charge is 2.05. The highest BCUT2D eigenvalue weighted by atomic mass is 32.2. The van der Waals surface area contributed by atoms with Crippen LogP contribution in [0.5, 0.6) is 0 Å². The molecule has 2 aromatic rings. The van der Waals surface area contributed by atoms with Gasteiger partial charge in [0.2, 0.25) is 5.91 Å². The Morgan fingerprint density at radius 2 is 2.37 bits per heavy atom. The Kier molecular flexibility index (Phi) is 4.86. The minimum Gasteiger partial charge on any atom is -0.351 e. The lowest BCUT2D eigenvalue weighted by molar-refractivity contribution is -0.118. The second-order valence-corrected chi connectivity index (χ2v) is 5.91. The first-order valence-electron chi connectivity index (χ1n) is 5.56. The first-order chi connectivity index (χ1) is 9.15. The fraction of sp³-hybridized carbons (Fsp3) is 0.250. The number of aryl methyl sites for hydroxylation is 1. The van der Waals surface area contributed by atoms with E-state index in [1.165, 1.54) is 29.2 Å². The zero-order chi connectivity index (χ0) is 13.7. The maximum absolute atomic E-state index is 13.3. The molecule has 1 amide bonds. The maximum atomic E-state index is 13.3. The van der Waals surface area contributed by atoms with Crippen molar-refractivity contribution in [1.29, 1.82) is 0 Å². The average Bonchev–Trinajstić information content (AvgIpc) is 2.91. The summed E-state index contributed by atoms with van der Waals surface area (Å²) in [5.74, 6) is -0.0834. The molecule has 0 radical (unpaired) electrons. The first kappa shape index (κ1) is 14.0. The van der Waals surface area contributed by atoms with Crippen molar-refractivity contribution in [2.45, 2.75) is 17.8 Å². The second kappa shape index (κ2) is 6.63. The number of hydrogen-bond donors (Lipinski definition) is 1. The number of nitrogens with one attached hydrogen (secondary N) is 1. The molecule has 0 fully saturated rings. The van der Waals surface area contributed by atoms with Crippen LogP contribution in [0, 0.1) is 12.7 Å². The Hall–Kier alpha value is -1.47. The van der Waals surface area contributed by atoms with Crippen molar-refractivity contribution in [2.24, 2.45) is 0 Å². The highest BCUT2D eigenvalue weighted by Crippen LogP contribution is 2.18. The van der Waals surface area contributed by atoms with Gasteiger partial charge in [-0.1, -0.05) is 35.2 Å². The van der Waals surface area contributed by atoms with Crippen LogP contribution in [-0.2, 0) is 11.3 Å². The molecule has 0 bridgehead atoms. The molecule has 0 atom stereocenters. The number of aromatic nitrogens is 2. The van der Waals surface area contributed by atoms with Crippen LogP contribution in [0.15, 0.2) is 28.0 Å². The number of halogens is 1. The van der Waals surface area contributed by atoms with Gasteiger partial charge in [0.1, 0.15) is 11.3 Å². The van der Waals surface area contributed by atoms with Gasteiger partial charge in [-0.15, -0.1) is 10.2 Å². The summed E-state index contributed by atoms with van der Waals surface area (Å²) < 4.78 is 14.1. The lowest BCUT2D eigenvalue weighted by Crippen LogP contribution is -2.24. The van der Waals surface area contributed by atoms with Crippen LogP contribution >= 0.6 is 23.1 Å². The standard InChI is InChI=1S/C12H12FN3OS2/c1-8-2-3-9(4-10(8)13)5-14-11(17)6-18-12-16-15-7-19-12/h2-4,7H,5-6H2,1H3,(H,14,17). The molecule has 0 unspecified atom stereocenters. The normalized spacial score (nSPS) is 10.4. The predicted molar refractivity (Wildman–Crippen MR) is 73.6 cm³/mol. The molecule has 0 aliphatic rings. The molecule has 1 aromatic heterocycles. The zero-order valence-electron chi connectivity index (χ0n) is 10.2. The van der Waals surface area contributed by atoms with Crippen molar-refractivity contribution in [3.8, 4) is 0 Å². The highest BCUT2D eigenvalue weighted by molar-refractivity contribution is 8.01. The van der Waals surface area contributed by atoms with Crippen LogP contribution in [0.25, 0.3) is 0 Å². The van der Waals surface area contributed by atoms with E-state index < -0.39 is 0 Å². The van der Waals surface area contributed by atoms with Gasteiger partial charge in [-0.05, 0) is 24.1 Å². The van der Waals surface area contributed by atoms with Crippen molar-refractivity contribution in [1.82, 2.24) is 15.5 Å². The van der Waals surface area contributed by atoms with Gasteiger partial charge >= 0.3 is 0 Å². The third-order valence-corrected chi connectivity index (χ3v) is 4.25. The molecule has 7 heteroatoms. The van der Waals surface area contributed by atoms with Gasteiger partial charge in [0.05, 0.1) is 5.75 Å². The fourth-order valence-corrected chi connectivity index (χ4v) is 2.67. The second-order valence-electron chi connectivity index (χ2n) is 3.85. The average molecular weight is 297 g/mol. The van der Waals surface area contributed by atoms with E-state index in [1.54, 1.807) is 24.6 Å². The molecular formula is C12H12FN3OS2. The summed E-state index contributed by atoms with van der Waals surface area (Å²) in [7, 11) is 0. The van der Waals surface area contributed by atoms with Crippen LogP contribution in [0.4, 0.5) is 4.39 Å². The van der Waals surface area contributed by atoms with Gasteiger partial charge in [0.15, 0.2) is 4.34 Å². The van der Waals surface area contributed by atoms with Crippen molar-refractivity contribution >= 4 is 29.0 Å². The van der Waals surface area contributed by atoms with Crippen molar-refractivity contribution < 1.29 is 9.18 Å². The van der Waals surface area contributed by atoms with Crippen LogP contribution in [0.3, 0.4) is 0 Å². The van der Waals surface area contributed by atoms with Crippen LogP contribution < -0.4 is 5.32 Å². The lowest BCUT2D eigenvalue weighted by Gasteiger charge is -2.05. The molecule has 1 N–H and O–H groups in total. The summed E-state index contributed by atoms with van der Waals surface area (Å²) in [6, 6.07) is 4.94. The quantitative estimate of drug-likeness (QED) is 0.861. The first-order valence-corrected chi connectivity index (χ1v) is 7.42. The predicted octanol–water partition coefficient (Wildman–Crippen LogP) is 2.39. The van der Waals surface area contributed by atoms with E-state index in [0.29, 0.717) is 12.1 Å². The minimum absolute atomic E-state index is 0.110. The van der Waals surface area contributed by atoms with Crippen molar-refractivity contribution in [2.75, 3.05) is 5.75 Å². The van der Waals surface area contributed by atoms with E-state index in [4.69, 9.17) is 0 Å². The van der Waals surface area contributed by atoms with Crippen molar-refractivity contribution in [3.05, 3.63) is 40.7 Å². The number of hydrogen-bond acceptors (Lipinski definition) is 5. The summed E-state index contributed by atoms with van der Waals surface area (Å²) in [5.41, 5.74) is 2.97. The minimum atomic E-state index is -0.255. The van der Waals surface area contributed by atoms with E-state index in [-0.39, 0.29) is 17.5 Å². The SMILES string of the molecule is Cc1ccc(CNC(=O)CSc2nncs2)cc1F. The van der Waals surface area contributed by atoms with Gasteiger partial charge in [-0.3, -0.25) is 4.79 Å². The topological polar surface area (TPSA) is 54.9 Å². The van der Waals surface area contributed by atoms with E-state index in [2.05, 4.69) is 15.5 Å². The van der Waals surface area contributed by atoms with Gasteiger partial charge in [0.25, 0.3) is 0 Å². The van der Waals surface area contributed by atoms with Gasteiger partial charge in [0, 0.05) is 6.54 Å². The van der Waals surface area contributed by atoms with Gasteiger partial charge in [-0.2, -0.15) is 0 Å². The molecule has 19 heavy (non-hydrogen) atoms. The maximum Gasteiger partial charge on any atom is 0.230 e. The molecule has 0 aliphatic heterocycles. The van der Waals surface area contributed by atoms with Crippen LogP contribution in [0.1, 0.15) is 11.1 Å². The number of carbonyl (C=O) groups is 1. The third-order valence-electron chi connectivity index (χ3n) is 2.39. The summed E-state index contributed by atoms with van der Waals surface area (Å²) in [6.45, 7) is 2.03. The molecule has 0 aliphatic carbocycles. The molecule has 2 rings (SSSR count). The monoisotopic (exact) mass is 297 g/mol. The molecule has 1 heterocycles. The zero-order valence-corrected chi connectivity index (χ0v) is 11.9. The van der Waals surface area contributed by atoms with Gasteiger partial charge < -0.3 is 5.32 Å². The number of carbonyl (C=O) groups excluding carboxylic acids is 1. The summed E-state index contributed by atoms with van der Waals surface area (Å²) in [6.07, 6.45) is 0. The van der Waals surface area contributed by atoms with Crippen LogP contribution in [-0.4, -0.2) is 21.9 Å². The summed E-state index contributed by atoms with van der Waals surface area (Å²) in [4.78, 5) is 11.6. The van der Waals surface area contributed by atoms with E-state index >= 15 is 0 Å². The van der Waals surface area contributed by atoms with E-state index in [0.717, 1.165) is 9.90 Å². The smallest absolute Gasteiger partial charge is 0.230 e. The fourth-order valence-electron chi connectivity index (χ4n) is 1.35. The Balaban J connectivity index is 1.78. The summed E-state index contributed by atoms with van der Waals surface area (Å²) >= 11 is 2.73. The molecule has 0 saturated heterocycles. The number of thioether (sulfide) groups is 1. The summed E-state index contributed by atoms with van der Waals surface area (Å²) in [5, 5.41) is 10.3. The Morgan fingerprint density at radius 3 is 3.05 bits per heavy atom. The molecule has 4 nitrogen and oxygen atoms in total. The largest absolute Gasteiger partial charge is 0.351 e. The number of nitrogens with zero attached hydrogens (tertiary/aromatic N) is 2. The lowest BCUT2D eigenvalue weighted by atomic mass is 10.1. The molecule has 0 saturated carbocycles. The molecule has 100 valence electrons. The molecular weight excluding hydrogens is 285 g/mol. The number of rotatable bonds is 5.